The molecule has 5 atom stereocenters. The van der Waals surface area contributed by atoms with Crippen LogP contribution in [0.1, 0.15) is 23.1 Å². The fourth-order valence-electron chi connectivity index (χ4n) is 6.16. The van der Waals surface area contributed by atoms with Crippen molar-refractivity contribution in [2.45, 2.75) is 56.0 Å². The molecule has 226 valence electrons. The minimum absolute atomic E-state index is 0.0342. The van der Waals surface area contributed by atoms with Crippen LogP contribution < -0.4 is 16.0 Å². The molecule has 2 saturated heterocycles. The number of aliphatic hydroxyl groups is 1. The van der Waals surface area contributed by atoms with Crippen molar-refractivity contribution in [3.05, 3.63) is 108 Å². The fraction of sp³-hybridized carbons (Fsp3) is 0.294. The molecule has 10 heteroatoms. The average molecular weight is 594 g/mol. The molecule has 0 aliphatic carbocycles. The molecule has 6 rings (SSSR count). The molecule has 0 spiro atoms. The monoisotopic (exact) mass is 593 g/mol. The lowest BCUT2D eigenvalue weighted by atomic mass is 9.99. The third-order valence-corrected chi connectivity index (χ3v) is 8.41. The Bertz CT molecular complexity index is 1660. The molecule has 2 aliphatic rings. The number of hydrogen-bond donors (Lipinski definition) is 5. The highest BCUT2D eigenvalue weighted by Crippen LogP contribution is 2.23. The van der Waals surface area contributed by atoms with Gasteiger partial charge in [0.05, 0.1) is 6.10 Å². The topological polar surface area (TPSA) is 144 Å². The number of aromatic amines is 1. The SMILES string of the molecule is O=C1N[C@H](Cc2c[nH]c3ccccc23)C(=O)N[C@@H](Cc2ccccc2)C(=O)N2C[C@H](O)C[C@@H]2C(=O)N[C@H]1Cc1ccccc1. The maximum atomic E-state index is 14.0. The van der Waals surface area contributed by atoms with Gasteiger partial charge in [0, 0.05) is 49.3 Å². The van der Waals surface area contributed by atoms with Crippen molar-refractivity contribution in [2.75, 3.05) is 6.54 Å². The van der Waals surface area contributed by atoms with Crippen molar-refractivity contribution in [3.63, 3.8) is 0 Å². The molecule has 4 amide bonds. The highest BCUT2D eigenvalue weighted by molar-refractivity contribution is 5.98. The predicted molar refractivity (Wildman–Crippen MR) is 164 cm³/mol. The molecule has 0 radical (unpaired) electrons. The first-order valence-electron chi connectivity index (χ1n) is 14.9. The number of rotatable bonds is 6. The third-order valence-electron chi connectivity index (χ3n) is 8.41. The van der Waals surface area contributed by atoms with Crippen LogP contribution in [-0.2, 0) is 38.4 Å². The van der Waals surface area contributed by atoms with Crippen LogP contribution in [0.5, 0.6) is 0 Å². The minimum Gasteiger partial charge on any atom is -0.391 e. The molecule has 2 aliphatic heterocycles. The van der Waals surface area contributed by atoms with Gasteiger partial charge in [0.15, 0.2) is 0 Å². The van der Waals surface area contributed by atoms with Crippen LogP contribution >= 0.6 is 0 Å². The molecule has 4 aromatic rings. The van der Waals surface area contributed by atoms with Crippen LogP contribution in [0.4, 0.5) is 0 Å². The number of H-pyrrole nitrogens is 1. The maximum Gasteiger partial charge on any atom is 0.246 e. The van der Waals surface area contributed by atoms with Gasteiger partial charge >= 0.3 is 0 Å². The summed E-state index contributed by atoms with van der Waals surface area (Å²) in [6.07, 6.45) is 1.45. The number of nitrogens with zero attached hydrogens (tertiary/aromatic N) is 1. The van der Waals surface area contributed by atoms with Crippen molar-refractivity contribution in [1.29, 1.82) is 0 Å². The lowest BCUT2D eigenvalue weighted by Crippen LogP contribution is -2.62. The Balaban J connectivity index is 1.37. The van der Waals surface area contributed by atoms with Crippen molar-refractivity contribution in [3.8, 4) is 0 Å². The van der Waals surface area contributed by atoms with Gasteiger partial charge in [-0.05, 0) is 22.8 Å². The second-order valence-corrected chi connectivity index (χ2v) is 11.5. The van der Waals surface area contributed by atoms with Gasteiger partial charge in [-0.2, -0.15) is 0 Å². The third kappa shape index (κ3) is 6.35. The van der Waals surface area contributed by atoms with Gasteiger partial charge in [-0.1, -0.05) is 78.9 Å². The van der Waals surface area contributed by atoms with Gasteiger partial charge in [0.2, 0.25) is 23.6 Å². The van der Waals surface area contributed by atoms with E-state index in [4.69, 9.17) is 0 Å². The Morgan fingerprint density at radius 1 is 0.659 bits per heavy atom. The van der Waals surface area contributed by atoms with Gasteiger partial charge < -0.3 is 30.9 Å². The van der Waals surface area contributed by atoms with Gasteiger partial charge in [0.1, 0.15) is 24.2 Å². The van der Waals surface area contributed by atoms with Crippen LogP contribution in [0.3, 0.4) is 0 Å². The first-order valence-corrected chi connectivity index (χ1v) is 14.9. The van der Waals surface area contributed by atoms with E-state index in [1.165, 1.54) is 4.90 Å². The average Bonchev–Trinajstić information content (AvgIpc) is 3.63. The molecular formula is C34H35N5O5. The molecule has 5 N–H and O–H groups in total. The number of aromatic nitrogens is 1. The molecule has 10 nitrogen and oxygen atoms in total. The van der Waals surface area contributed by atoms with Gasteiger partial charge in [-0.15, -0.1) is 0 Å². The number of para-hydroxylation sites is 1. The molecule has 44 heavy (non-hydrogen) atoms. The molecule has 0 unspecified atom stereocenters. The summed E-state index contributed by atoms with van der Waals surface area (Å²) in [4.78, 5) is 60.2. The Hall–Kier alpha value is -4.96. The molecule has 2 fully saturated rings. The number of amides is 4. The minimum atomic E-state index is -1.04. The summed E-state index contributed by atoms with van der Waals surface area (Å²) >= 11 is 0. The molecule has 0 bridgehead atoms. The first kappa shape index (κ1) is 29.1. The Morgan fingerprint density at radius 3 is 1.89 bits per heavy atom. The molecule has 3 aromatic carbocycles. The zero-order valence-electron chi connectivity index (χ0n) is 24.1. The van der Waals surface area contributed by atoms with Crippen LogP contribution in [0.15, 0.2) is 91.1 Å². The summed E-state index contributed by atoms with van der Waals surface area (Å²) in [7, 11) is 0. The van der Waals surface area contributed by atoms with Crippen molar-refractivity contribution in [2.24, 2.45) is 0 Å². The van der Waals surface area contributed by atoms with Gasteiger partial charge in [0.25, 0.3) is 0 Å². The number of carbonyl (C=O) groups is 4. The van der Waals surface area contributed by atoms with Gasteiger partial charge in [-0.3, -0.25) is 19.2 Å². The number of hydrogen-bond acceptors (Lipinski definition) is 5. The number of carbonyl (C=O) groups excluding carboxylic acids is 4. The van der Waals surface area contributed by atoms with Crippen LogP contribution in [0.25, 0.3) is 10.9 Å². The lowest BCUT2D eigenvalue weighted by molar-refractivity contribution is -0.143. The number of aliphatic hydroxyl groups excluding tert-OH is 1. The lowest BCUT2D eigenvalue weighted by Gasteiger charge is -2.32. The van der Waals surface area contributed by atoms with E-state index in [1.807, 2.05) is 91.1 Å². The number of nitrogens with one attached hydrogen (secondary N) is 4. The zero-order chi connectivity index (χ0) is 30.6. The van der Waals surface area contributed by atoms with Crippen LogP contribution in [0.2, 0.25) is 0 Å². The van der Waals surface area contributed by atoms with E-state index in [1.54, 1.807) is 0 Å². The molecule has 0 saturated carbocycles. The number of fused-ring (bicyclic) bond motifs is 2. The number of benzene rings is 3. The highest BCUT2D eigenvalue weighted by Gasteiger charge is 2.43. The van der Waals surface area contributed by atoms with Crippen LogP contribution in [0, 0.1) is 0 Å². The summed E-state index contributed by atoms with van der Waals surface area (Å²) in [6.45, 7) is -0.0492. The van der Waals surface area contributed by atoms with Crippen molar-refractivity contribution in [1.82, 2.24) is 25.8 Å². The first-order chi connectivity index (χ1) is 21.4. The van der Waals surface area contributed by atoms with E-state index in [0.717, 1.165) is 27.6 Å². The smallest absolute Gasteiger partial charge is 0.246 e. The van der Waals surface area contributed by atoms with E-state index in [9.17, 15) is 24.3 Å². The summed E-state index contributed by atoms with van der Waals surface area (Å²) in [5, 5.41) is 20.1. The van der Waals surface area contributed by atoms with Crippen molar-refractivity contribution >= 4 is 34.5 Å². The van der Waals surface area contributed by atoms with E-state index >= 15 is 0 Å². The van der Waals surface area contributed by atoms with E-state index in [2.05, 4.69) is 20.9 Å². The summed E-state index contributed by atoms with van der Waals surface area (Å²) in [5.74, 6) is -2.01. The summed E-state index contributed by atoms with van der Waals surface area (Å²) in [6, 6.07) is 22.2. The van der Waals surface area contributed by atoms with Gasteiger partial charge in [-0.25, -0.2) is 0 Å². The second-order valence-electron chi connectivity index (χ2n) is 11.5. The van der Waals surface area contributed by atoms with Crippen LogP contribution in [-0.4, -0.2) is 75.4 Å². The van der Waals surface area contributed by atoms with E-state index in [0.29, 0.717) is 0 Å². The predicted octanol–water partition coefficient (Wildman–Crippen LogP) is 1.63. The summed E-state index contributed by atoms with van der Waals surface area (Å²) in [5.41, 5.74) is 3.36. The standard InChI is InChI=1S/C34H35N5O5/c40-24-18-30-33(43)37-27(15-21-9-3-1-4-10-21)31(41)36-28(17-23-19-35-26-14-8-7-13-25(23)26)32(42)38-29(34(44)39(30)20-24)16-22-11-5-2-6-12-22/h1-14,19,24,27-30,35,40H,15-18,20H2,(H,36,41)(H,37,43)(H,38,42)/t24-,27+,28-,29+,30-/m1/s1. The normalized spacial score (nSPS) is 24.6. The largest absolute Gasteiger partial charge is 0.391 e. The Kier molecular flexibility index (Phi) is 8.42. The second kappa shape index (κ2) is 12.7. The molecule has 1 aromatic heterocycles. The van der Waals surface area contributed by atoms with E-state index in [-0.39, 0.29) is 32.2 Å². The maximum absolute atomic E-state index is 14.0. The quantitative estimate of drug-likeness (QED) is 0.231. The highest BCUT2D eigenvalue weighted by atomic mass is 16.3. The molecule has 3 heterocycles. The molecular weight excluding hydrogens is 558 g/mol. The van der Waals surface area contributed by atoms with E-state index < -0.39 is 53.9 Å². The summed E-state index contributed by atoms with van der Waals surface area (Å²) < 4.78 is 0. The Labute approximate surface area is 254 Å². The van der Waals surface area contributed by atoms with Crippen molar-refractivity contribution < 1.29 is 24.3 Å². The zero-order valence-corrected chi connectivity index (χ0v) is 24.1. The fourth-order valence-corrected chi connectivity index (χ4v) is 6.16. The Morgan fingerprint density at radius 2 is 1.20 bits per heavy atom.